The SMILES string of the molecule is Cc1cn2nc(C(C)C)sc2n1. The molecule has 0 fully saturated rings. The number of imidazole rings is 1. The van der Waals surface area contributed by atoms with E-state index in [1.165, 1.54) is 0 Å². The summed E-state index contributed by atoms with van der Waals surface area (Å²) in [6.45, 7) is 6.27. The van der Waals surface area contributed by atoms with E-state index in [2.05, 4.69) is 23.9 Å². The Kier molecular flexibility index (Phi) is 1.65. The van der Waals surface area contributed by atoms with Gasteiger partial charge in [-0.2, -0.15) is 5.10 Å². The Morgan fingerprint density at radius 2 is 2.25 bits per heavy atom. The zero-order chi connectivity index (χ0) is 8.72. The molecule has 0 N–H and O–H groups in total. The van der Waals surface area contributed by atoms with Gasteiger partial charge in [0.15, 0.2) is 0 Å². The zero-order valence-corrected chi connectivity index (χ0v) is 8.22. The predicted octanol–water partition coefficient (Wildman–Crippen LogP) is 2.22. The molecule has 0 aliphatic rings. The smallest absolute Gasteiger partial charge is 0.212 e. The topological polar surface area (TPSA) is 30.2 Å². The number of aryl methyl sites for hydroxylation is 1. The third kappa shape index (κ3) is 1.12. The van der Waals surface area contributed by atoms with Gasteiger partial charge in [-0.3, -0.25) is 0 Å². The van der Waals surface area contributed by atoms with Crippen molar-refractivity contribution >= 4 is 16.3 Å². The van der Waals surface area contributed by atoms with E-state index in [0.29, 0.717) is 5.92 Å². The first-order chi connectivity index (χ1) is 5.66. The Morgan fingerprint density at radius 3 is 2.83 bits per heavy atom. The van der Waals surface area contributed by atoms with E-state index in [4.69, 9.17) is 0 Å². The lowest BCUT2D eigenvalue weighted by molar-refractivity contribution is 0.801. The first-order valence-electron chi connectivity index (χ1n) is 3.99. The quantitative estimate of drug-likeness (QED) is 0.675. The summed E-state index contributed by atoms with van der Waals surface area (Å²) in [6, 6.07) is 0. The second-order valence-electron chi connectivity index (χ2n) is 3.20. The fourth-order valence-corrected chi connectivity index (χ4v) is 1.99. The average Bonchev–Trinajstić information content (AvgIpc) is 2.42. The molecule has 0 bridgehead atoms. The second kappa shape index (κ2) is 2.55. The first kappa shape index (κ1) is 7.73. The zero-order valence-electron chi connectivity index (χ0n) is 7.40. The Labute approximate surface area is 75.1 Å². The van der Waals surface area contributed by atoms with Crippen LogP contribution in [0.4, 0.5) is 0 Å². The second-order valence-corrected chi connectivity index (χ2v) is 4.19. The van der Waals surface area contributed by atoms with E-state index in [1.54, 1.807) is 11.3 Å². The van der Waals surface area contributed by atoms with E-state index in [1.807, 2.05) is 17.6 Å². The van der Waals surface area contributed by atoms with Crippen molar-refractivity contribution in [3.05, 3.63) is 16.9 Å². The minimum atomic E-state index is 0.497. The molecule has 2 heterocycles. The van der Waals surface area contributed by atoms with Gasteiger partial charge in [0.1, 0.15) is 5.01 Å². The molecule has 0 aromatic carbocycles. The molecular formula is C8H11N3S. The molecule has 0 radical (unpaired) electrons. The van der Waals surface area contributed by atoms with Crippen LogP contribution in [-0.4, -0.2) is 14.6 Å². The number of nitrogens with zero attached hydrogens (tertiary/aromatic N) is 3. The van der Waals surface area contributed by atoms with Gasteiger partial charge in [-0.25, -0.2) is 9.50 Å². The number of rotatable bonds is 1. The van der Waals surface area contributed by atoms with Gasteiger partial charge in [-0.1, -0.05) is 25.2 Å². The van der Waals surface area contributed by atoms with Crippen LogP contribution in [0.3, 0.4) is 0 Å². The molecule has 4 heteroatoms. The summed E-state index contributed by atoms with van der Waals surface area (Å²) in [5, 5.41) is 5.56. The summed E-state index contributed by atoms with van der Waals surface area (Å²) in [5.74, 6) is 0.497. The molecule has 64 valence electrons. The molecular weight excluding hydrogens is 170 g/mol. The molecule has 0 spiro atoms. The van der Waals surface area contributed by atoms with Crippen molar-refractivity contribution in [3.8, 4) is 0 Å². The van der Waals surface area contributed by atoms with E-state index < -0.39 is 0 Å². The normalized spacial score (nSPS) is 11.7. The maximum absolute atomic E-state index is 4.41. The number of hydrogen-bond donors (Lipinski definition) is 0. The van der Waals surface area contributed by atoms with E-state index in [9.17, 15) is 0 Å². The molecule has 2 aromatic rings. The van der Waals surface area contributed by atoms with Crippen molar-refractivity contribution in [2.75, 3.05) is 0 Å². The molecule has 0 aliphatic heterocycles. The standard InChI is InChI=1S/C8H11N3S/c1-5(2)7-10-11-4-6(3)9-8(11)12-7/h4-5H,1-3H3. The molecule has 0 amide bonds. The Balaban J connectivity index is 2.57. The third-order valence-electron chi connectivity index (χ3n) is 1.67. The Morgan fingerprint density at radius 1 is 1.50 bits per heavy atom. The van der Waals surface area contributed by atoms with Crippen LogP contribution in [0.25, 0.3) is 4.96 Å². The fourth-order valence-electron chi connectivity index (χ4n) is 1.06. The van der Waals surface area contributed by atoms with Crippen molar-refractivity contribution in [1.82, 2.24) is 14.6 Å². The summed E-state index contributed by atoms with van der Waals surface area (Å²) in [7, 11) is 0. The van der Waals surface area contributed by atoms with Gasteiger partial charge in [0.05, 0.1) is 11.9 Å². The molecule has 0 atom stereocenters. The van der Waals surface area contributed by atoms with Crippen LogP contribution in [0.2, 0.25) is 0 Å². The monoisotopic (exact) mass is 181 g/mol. The van der Waals surface area contributed by atoms with Crippen molar-refractivity contribution in [2.45, 2.75) is 26.7 Å². The summed E-state index contributed by atoms with van der Waals surface area (Å²) < 4.78 is 1.86. The molecule has 0 saturated heterocycles. The van der Waals surface area contributed by atoms with Gasteiger partial charge in [0.2, 0.25) is 4.96 Å². The lowest BCUT2D eigenvalue weighted by atomic mass is 10.2. The largest absolute Gasteiger partial charge is 0.223 e. The van der Waals surface area contributed by atoms with Gasteiger partial charge in [-0.15, -0.1) is 0 Å². The van der Waals surface area contributed by atoms with Crippen LogP contribution >= 0.6 is 11.3 Å². The maximum atomic E-state index is 4.41. The highest BCUT2D eigenvalue weighted by atomic mass is 32.1. The molecule has 0 unspecified atom stereocenters. The summed E-state index contributed by atoms with van der Waals surface area (Å²) in [6.07, 6.45) is 1.96. The highest BCUT2D eigenvalue weighted by molar-refractivity contribution is 7.16. The average molecular weight is 181 g/mol. The highest BCUT2D eigenvalue weighted by Crippen LogP contribution is 2.21. The van der Waals surface area contributed by atoms with Crippen molar-refractivity contribution < 1.29 is 0 Å². The molecule has 12 heavy (non-hydrogen) atoms. The van der Waals surface area contributed by atoms with Gasteiger partial charge in [0, 0.05) is 5.92 Å². The van der Waals surface area contributed by atoms with Crippen molar-refractivity contribution in [2.24, 2.45) is 0 Å². The molecule has 3 nitrogen and oxygen atoms in total. The van der Waals surface area contributed by atoms with Crippen LogP contribution in [0.15, 0.2) is 6.20 Å². The molecule has 2 aromatic heterocycles. The lowest BCUT2D eigenvalue weighted by Gasteiger charge is -1.93. The van der Waals surface area contributed by atoms with Crippen LogP contribution in [0, 0.1) is 6.92 Å². The van der Waals surface area contributed by atoms with Gasteiger partial charge in [-0.05, 0) is 6.92 Å². The van der Waals surface area contributed by atoms with E-state index in [-0.39, 0.29) is 0 Å². The first-order valence-corrected chi connectivity index (χ1v) is 4.81. The molecule has 0 aliphatic carbocycles. The maximum Gasteiger partial charge on any atom is 0.212 e. The molecule has 2 rings (SSSR count). The van der Waals surface area contributed by atoms with Crippen LogP contribution < -0.4 is 0 Å². The van der Waals surface area contributed by atoms with Crippen LogP contribution in [-0.2, 0) is 0 Å². The fraction of sp³-hybridized carbons (Fsp3) is 0.500. The highest BCUT2D eigenvalue weighted by Gasteiger charge is 2.08. The predicted molar refractivity (Wildman–Crippen MR) is 49.7 cm³/mol. The Bertz CT molecular complexity index is 368. The number of aromatic nitrogens is 3. The third-order valence-corrected chi connectivity index (χ3v) is 2.90. The summed E-state index contributed by atoms with van der Waals surface area (Å²) in [4.78, 5) is 5.33. The minimum Gasteiger partial charge on any atom is -0.223 e. The van der Waals surface area contributed by atoms with Crippen molar-refractivity contribution in [1.29, 1.82) is 0 Å². The Hall–Kier alpha value is -0.900. The minimum absolute atomic E-state index is 0.497. The van der Waals surface area contributed by atoms with Gasteiger partial charge < -0.3 is 0 Å². The number of fused-ring (bicyclic) bond motifs is 1. The number of hydrogen-bond acceptors (Lipinski definition) is 3. The van der Waals surface area contributed by atoms with E-state index in [0.717, 1.165) is 15.7 Å². The lowest BCUT2D eigenvalue weighted by Crippen LogP contribution is -1.87. The summed E-state index contributed by atoms with van der Waals surface area (Å²) >= 11 is 1.67. The van der Waals surface area contributed by atoms with E-state index >= 15 is 0 Å². The van der Waals surface area contributed by atoms with Crippen LogP contribution in [0.1, 0.15) is 30.5 Å². The molecule has 0 saturated carbocycles. The van der Waals surface area contributed by atoms with Gasteiger partial charge >= 0.3 is 0 Å². The van der Waals surface area contributed by atoms with Crippen molar-refractivity contribution in [3.63, 3.8) is 0 Å². The van der Waals surface area contributed by atoms with Crippen LogP contribution in [0.5, 0.6) is 0 Å². The summed E-state index contributed by atoms with van der Waals surface area (Å²) in [5.41, 5.74) is 1.03. The van der Waals surface area contributed by atoms with Gasteiger partial charge in [0.25, 0.3) is 0 Å².